The SMILES string of the molecule is COCOc1cc2c(OCOC)c(c1OC)CCOC(=O)c1c(O)cc(O)c(Cl)c1CCCCC(=O)N2. The molecule has 3 N–H and O–H groups in total. The van der Waals surface area contributed by atoms with Gasteiger partial charge in [0.05, 0.1) is 24.4 Å². The fourth-order valence-corrected chi connectivity index (χ4v) is 4.24. The highest BCUT2D eigenvalue weighted by Crippen LogP contribution is 2.44. The molecule has 0 radical (unpaired) electrons. The molecule has 2 aromatic carbocycles. The first-order valence-electron chi connectivity index (χ1n) is 11.5. The van der Waals surface area contributed by atoms with Crippen LogP contribution in [0.3, 0.4) is 0 Å². The van der Waals surface area contributed by atoms with Crippen molar-refractivity contribution in [2.75, 3.05) is 46.8 Å². The van der Waals surface area contributed by atoms with Crippen LogP contribution < -0.4 is 19.5 Å². The third kappa shape index (κ3) is 6.68. The number of anilines is 1. The van der Waals surface area contributed by atoms with Crippen molar-refractivity contribution in [2.45, 2.75) is 32.1 Å². The van der Waals surface area contributed by atoms with Crippen LogP contribution in [-0.4, -0.2) is 63.6 Å². The number of carbonyl (C=O) groups is 2. The van der Waals surface area contributed by atoms with Crippen LogP contribution in [0.15, 0.2) is 12.1 Å². The Morgan fingerprint density at radius 1 is 0.919 bits per heavy atom. The summed E-state index contributed by atoms with van der Waals surface area (Å²) in [4.78, 5) is 25.8. The summed E-state index contributed by atoms with van der Waals surface area (Å²) in [5.41, 5.74) is 0.873. The zero-order valence-corrected chi connectivity index (χ0v) is 21.6. The molecule has 0 fully saturated rings. The molecule has 11 nitrogen and oxygen atoms in total. The maximum Gasteiger partial charge on any atom is 0.342 e. The molecule has 1 aliphatic heterocycles. The number of ether oxygens (including phenoxy) is 6. The molecular formula is C25H30ClNO10. The lowest BCUT2D eigenvalue weighted by Gasteiger charge is -2.21. The van der Waals surface area contributed by atoms with Gasteiger partial charge in [-0.3, -0.25) is 4.79 Å². The van der Waals surface area contributed by atoms with E-state index in [1.807, 2.05) is 0 Å². The highest BCUT2D eigenvalue weighted by atomic mass is 35.5. The Balaban J connectivity index is 2.08. The minimum absolute atomic E-state index is 0.0537. The van der Waals surface area contributed by atoms with Crippen molar-refractivity contribution in [1.29, 1.82) is 0 Å². The molecule has 12 heteroatoms. The number of amides is 1. The standard InChI is InChI=1S/C25H30ClNO10/c1-32-12-36-19-10-16-23(37-13-33-2)15(24(19)34-3)8-9-35-25(31)21-14(6-4-5-7-20(30)27-16)22(26)18(29)11-17(21)28/h10-11,28-29H,4-9,12-13H2,1-3H3,(H,27,30). The Kier molecular flexibility index (Phi) is 10.1. The number of benzene rings is 2. The average Bonchev–Trinajstić information content (AvgIpc) is 2.87. The second kappa shape index (κ2) is 13.2. The minimum atomic E-state index is -0.816. The highest BCUT2D eigenvalue weighted by Gasteiger charge is 2.26. The lowest BCUT2D eigenvalue weighted by molar-refractivity contribution is -0.116. The number of methoxy groups -OCH3 is 3. The summed E-state index contributed by atoms with van der Waals surface area (Å²) in [6.07, 6.45) is 1.33. The third-order valence-electron chi connectivity index (χ3n) is 5.61. The Labute approximate surface area is 219 Å². The number of phenolic OH excluding ortho intramolecular Hbond substituents is 2. The molecule has 37 heavy (non-hydrogen) atoms. The monoisotopic (exact) mass is 539 g/mol. The van der Waals surface area contributed by atoms with Crippen LogP contribution in [-0.2, 0) is 31.8 Å². The molecule has 2 aromatic rings. The normalized spacial score (nSPS) is 14.5. The summed E-state index contributed by atoms with van der Waals surface area (Å²) in [6, 6.07) is 2.55. The Hall–Kier alpha value is -3.41. The fourth-order valence-electron chi connectivity index (χ4n) is 4.00. The first-order chi connectivity index (χ1) is 17.8. The zero-order valence-electron chi connectivity index (χ0n) is 20.8. The van der Waals surface area contributed by atoms with Crippen molar-refractivity contribution < 1.29 is 48.2 Å². The molecule has 0 unspecified atom stereocenters. The number of nitrogens with one attached hydrogen (secondary N) is 1. The van der Waals surface area contributed by atoms with Gasteiger partial charge in [0.15, 0.2) is 30.8 Å². The summed E-state index contributed by atoms with van der Waals surface area (Å²) >= 11 is 6.25. The Morgan fingerprint density at radius 3 is 2.32 bits per heavy atom. The molecule has 0 atom stereocenters. The van der Waals surface area contributed by atoms with Gasteiger partial charge in [-0.1, -0.05) is 11.6 Å². The van der Waals surface area contributed by atoms with Crippen molar-refractivity contribution in [2.24, 2.45) is 0 Å². The van der Waals surface area contributed by atoms with E-state index in [-0.39, 0.29) is 84.5 Å². The number of halogens is 1. The van der Waals surface area contributed by atoms with E-state index in [4.69, 9.17) is 40.0 Å². The molecular weight excluding hydrogens is 510 g/mol. The molecule has 0 aromatic heterocycles. The quantitative estimate of drug-likeness (QED) is 0.351. The molecule has 0 saturated carbocycles. The van der Waals surface area contributed by atoms with Gasteiger partial charge in [0, 0.05) is 44.8 Å². The molecule has 0 saturated heterocycles. The topological polar surface area (TPSA) is 142 Å². The number of aromatic hydroxyl groups is 2. The highest BCUT2D eigenvalue weighted by molar-refractivity contribution is 6.33. The van der Waals surface area contributed by atoms with Crippen LogP contribution in [0.1, 0.15) is 40.7 Å². The first kappa shape index (κ1) is 28.2. The van der Waals surface area contributed by atoms with Crippen LogP contribution in [0, 0.1) is 0 Å². The lowest BCUT2D eigenvalue weighted by atomic mass is 9.99. The van der Waals surface area contributed by atoms with E-state index >= 15 is 0 Å². The maximum absolute atomic E-state index is 13.0. The van der Waals surface area contributed by atoms with Gasteiger partial charge in [-0.2, -0.15) is 0 Å². The molecule has 1 amide bonds. The molecule has 1 aliphatic rings. The molecule has 2 bridgehead atoms. The second-order valence-corrected chi connectivity index (χ2v) is 8.47. The molecule has 0 aliphatic carbocycles. The number of hydrogen-bond donors (Lipinski definition) is 3. The van der Waals surface area contributed by atoms with Gasteiger partial charge >= 0.3 is 5.97 Å². The molecule has 1 heterocycles. The fraction of sp³-hybridized carbons (Fsp3) is 0.440. The zero-order chi connectivity index (χ0) is 26.9. The van der Waals surface area contributed by atoms with Crippen LogP contribution in [0.5, 0.6) is 28.7 Å². The van der Waals surface area contributed by atoms with Gasteiger partial charge in [-0.25, -0.2) is 4.79 Å². The largest absolute Gasteiger partial charge is 0.507 e. The summed E-state index contributed by atoms with van der Waals surface area (Å²) in [6.45, 7) is -0.364. The van der Waals surface area contributed by atoms with Crippen molar-refractivity contribution in [3.05, 3.63) is 33.8 Å². The van der Waals surface area contributed by atoms with Gasteiger partial charge in [0.2, 0.25) is 5.91 Å². The predicted molar refractivity (Wildman–Crippen MR) is 133 cm³/mol. The van der Waals surface area contributed by atoms with E-state index in [9.17, 15) is 19.8 Å². The van der Waals surface area contributed by atoms with Crippen LogP contribution >= 0.6 is 11.6 Å². The molecule has 3 rings (SSSR count). The van der Waals surface area contributed by atoms with E-state index in [0.29, 0.717) is 24.1 Å². The number of fused-ring (bicyclic) bond motifs is 3. The van der Waals surface area contributed by atoms with Gasteiger partial charge in [-0.05, 0) is 24.8 Å². The number of hydrogen-bond acceptors (Lipinski definition) is 10. The number of rotatable bonds is 7. The van der Waals surface area contributed by atoms with Gasteiger partial charge in [0.1, 0.15) is 17.1 Å². The van der Waals surface area contributed by atoms with Crippen molar-refractivity contribution >= 4 is 29.2 Å². The smallest absolute Gasteiger partial charge is 0.342 e. The number of esters is 1. The lowest BCUT2D eigenvalue weighted by Crippen LogP contribution is -2.16. The van der Waals surface area contributed by atoms with E-state index in [1.165, 1.54) is 21.3 Å². The van der Waals surface area contributed by atoms with E-state index in [2.05, 4.69) is 5.32 Å². The first-order valence-corrected chi connectivity index (χ1v) is 11.9. The van der Waals surface area contributed by atoms with Crippen molar-refractivity contribution in [3.63, 3.8) is 0 Å². The van der Waals surface area contributed by atoms with Gasteiger partial charge < -0.3 is 44.0 Å². The van der Waals surface area contributed by atoms with Crippen LogP contribution in [0.2, 0.25) is 5.02 Å². The van der Waals surface area contributed by atoms with Gasteiger partial charge in [0.25, 0.3) is 0 Å². The van der Waals surface area contributed by atoms with Crippen molar-refractivity contribution in [1.82, 2.24) is 0 Å². The van der Waals surface area contributed by atoms with Crippen LogP contribution in [0.25, 0.3) is 0 Å². The minimum Gasteiger partial charge on any atom is -0.507 e. The van der Waals surface area contributed by atoms with Crippen molar-refractivity contribution in [3.8, 4) is 28.7 Å². The number of carbonyl (C=O) groups excluding carboxylic acids is 2. The molecule has 202 valence electrons. The number of phenols is 2. The third-order valence-corrected chi connectivity index (χ3v) is 6.04. The van der Waals surface area contributed by atoms with E-state index < -0.39 is 11.7 Å². The summed E-state index contributed by atoms with van der Waals surface area (Å²) in [5.74, 6) is -1.09. The summed E-state index contributed by atoms with van der Waals surface area (Å²) < 4.78 is 32.6. The predicted octanol–water partition coefficient (Wildman–Crippen LogP) is 3.79. The maximum atomic E-state index is 13.0. The average molecular weight is 540 g/mol. The Morgan fingerprint density at radius 2 is 1.62 bits per heavy atom. The summed E-state index contributed by atoms with van der Waals surface area (Å²) in [7, 11) is 4.36. The second-order valence-electron chi connectivity index (χ2n) is 8.09. The van der Waals surface area contributed by atoms with E-state index in [0.717, 1.165) is 6.07 Å². The molecule has 0 spiro atoms. The van der Waals surface area contributed by atoms with Crippen LogP contribution in [0.4, 0.5) is 5.69 Å². The van der Waals surface area contributed by atoms with E-state index in [1.54, 1.807) is 6.07 Å². The summed E-state index contributed by atoms with van der Waals surface area (Å²) in [5, 5.41) is 23.3. The van der Waals surface area contributed by atoms with Gasteiger partial charge in [-0.15, -0.1) is 0 Å². The number of cyclic esters (lactones) is 1. The Bertz CT molecular complexity index is 1140.